The van der Waals surface area contributed by atoms with Crippen LogP contribution in [-0.2, 0) is 34.2 Å². The third-order valence-electron chi connectivity index (χ3n) is 0.644. The molecule has 0 rings (SSSR count). The van der Waals surface area contributed by atoms with Gasteiger partial charge in [0.05, 0.1) is 0 Å². The Bertz CT molecular complexity index is 54.7. The molecule has 0 aromatic heterocycles. The molecule has 0 spiro atoms. The summed E-state index contributed by atoms with van der Waals surface area (Å²) in [6, 6.07) is 0. The van der Waals surface area contributed by atoms with Crippen LogP contribution >= 0.6 is 0 Å². The van der Waals surface area contributed by atoms with Gasteiger partial charge < -0.3 is 0 Å². The number of hydrogen-bond acceptors (Lipinski definition) is 2. The first-order valence-corrected chi connectivity index (χ1v) is 10.1. The Morgan fingerprint density at radius 1 is 1.14 bits per heavy atom. The normalized spacial score (nSPS) is 6.86. The molecular formula is C4H6HgO2. The summed E-state index contributed by atoms with van der Waals surface area (Å²) < 4.78 is 1.47. The van der Waals surface area contributed by atoms with E-state index in [4.69, 9.17) is 0 Å². The fourth-order valence-corrected chi connectivity index (χ4v) is 2.50. The molecule has 0 aromatic carbocycles. The molecule has 36 valence electrons. The van der Waals surface area contributed by atoms with Gasteiger partial charge in [-0.2, -0.15) is 0 Å². The molecular weight excluding hydrogens is 281 g/mol. The third kappa shape index (κ3) is 6.28. The van der Waals surface area contributed by atoms with Gasteiger partial charge in [0.1, 0.15) is 0 Å². The molecule has 0 aliphatic heterocycles. The molecule has 0 heterocycles. The molecule has 0 amide bonds. The van der Waals surface area contributed by atoms with Gasteiger partial charge in [0, 0.05) is 0 Å². The van der Waals surface area contributed by atoms with Crippen LogP contribution in [0, 0.1) is 0 Å². The quantitative estimate of drug-likeness (QED) is 0.423. The first-order valence-electron chi connectivity index (χ1n) is 2.29. The van der Waals surface area contributed by atoms with Gasteiger partial charge in [-0.25, -0.2) is 0 Å². The Labute approximate surface area is 54.7 Å². The maximum atomic E-state index is 9.62. The van der Waals surface area contributed by atoms with E-state index in [1.54, 1.807) is 0 Å². The Morgan fingerprint density at radius 2 is 1.57 bits per heavy atom. The molecule has 2 nitrogen and oxygen atoms in total. The van der Waals surface area contributed by atoms with Gasteiger partial charge >= 0.3 is 54.6 Å². The Morgan fingerprint density at radius 3 is 1.86 bits per heavy atom. The monoisotopic (exact) mass is 288 g/mol. The van der Waals surface area contributed by atoms with E-state index in [1.165, 1.54) is 0 Å². The summed E-state index contributed by atoms with van der Waals surface area (Å²) in [5, 5.41) is 0. The van der Waals surface area contributed by atoms with Crippen LogP contribution in [-0.4, -0.2) is 12.6 Å². The van der Waals surface area contributed by atoms with Crippen molar-refractivity contribution >= 4 is 12.6 Å². The van der Waals surface area contributed by atoms with Crippen LogP contribution in [0.4, 0.5) is 0 Å². The van der Waals surface area contributed by atoms with Crippen molar-refractivity contribution in [2.24, 2.45) is 0 Å². The molecule has 0 radical (unpaired) electrons. The number of aldehydes is 2. The molecule has 0 unspecified atom stereocenters. The van der Waals surface area contributed by atoms with Gasteiger partial charge in [-0.15, -0.1) is 0 Å². The zero-order valence-electron chi connectivity index (χ0n) is 4.09. The summed E-state index contributed by atoms with van der Waals surface area (Å²) in [7, 11) is 0. The zero-order valence-corrected chi connectivity index (χ0v) is 9.59. The molecule has 0 N–H and O–H groups in total. The van der Waals surface area contributed by atoms with Crippen LogP contribution in [0.2, 0.25) is 7.86 Å². The fraction of sp³-hybridized carbons (Fsp3) is 0.500. The molecule has 0 saturated carbocycles. The molecule has 3 heteroatoms. The van der Waals surface area contributed by atoms with Crippen LogP contribution in [0.15, 0.2) is 0 Å². The maximum absolute atomic E-state index is 9.62. The van der Waals surface area contributed by atoms with E-state index in [2.05, 4.69) is 0 Å². The second-order valence-corrected chi connectivity index (χ2v) is 8.50. The molecule has 0 saturated heterocycles. The van der Waals surface area contributed by atoms with E-state index < -0.39 is 24.6 Å². The number of carbonyl (C=O) groups is 2. The predicted octanol–water partition coefficient (Wildman–Crippen LogP) is 0.303. The van der Waals surface area contributed by atoms with Crippen LogP contribution in [0.5, 0.6) is 0 Å². The number of carbonyl (C=O) groups excluding carboxylic acids is 2. The van der Waals surface area contributed by atoms with Gasteiger partial charge in [-0.1, -0.05) is 0 Å². The van der Waals surface area contributed by atoms with E-state index in [1.807, 2.05) is 0 Å². The Kier molecular flexibility index (Phi) is 6.52. The van der Waals surface area contributed by atoms with Crippen molar-refractivity contribution in [1.82, 2.24) is 0 Å². The summed E-state index contributed by atoms with van der Waals surface area (Å²) >= 11 is -0.941. The van der Waals surface area contributed by atoms with Gasteiger partial charge in [0.15, 0.2) is 0 Å². The van der Waals surface area contributed by atoms with Crippen molar-refractivity contribution in [3.8, 4) is 0 Å². The summed E-state index contributed by atoms with van der Waals surface area (Å²) in [4.78, 5) is 19.2. The van der Waals surface area contributed by atoms with Crippen molar-refractivity contribution < 1.29 is 34.2 Å². The van der Waals surface area contributed by atoms with Crippen LogP contribution < -0.4 is 0 Å². The molecule has 0 bridgehead atoms. The van der Waals surface area contributed by atoms with Crippen molar-refractivity contribution in [2.75, 3.05) is 0 Å². The van der Waals surface area contributed by atoms with E-state index in [9.17, 15) is 9.59 Å². The molecule has 0 aliphatic carbocycles. The van der Waals surface area contributed by atoms with Crippen molar-refractivity contribution in [1.29, 1.82) is 0 Å². The minimum atomic E-state index is -0.941. The van der Waals surface area contributed by atoms with Gasteiger partial charge in [-0.3, -0.25) is 0 Å². The molecule has 0 aromatic rings. The summed E-state index contributed by atoms with van der Waals surface area (Å²) in [6.07, 6.45) is 1.84. The topological polar surface area (TPSA) is 34.1 Å². The van der Waals surface area contributed by atoms with Crippen molar-refractivity contribution in [3.63, 3.8) is 0 Å². The molecule has 0 atom stereocenters. The van der Waals surface area contributed by atoms with Crippen molar-refractivity contribution in [2.45, 2.75) is 7.86 Å². The number of hydrogen-bond donors (Lipinski definition) is 0. The Hall–Kier alpha value is 0.275. The van der Waals surface area contributed by atoms with E-state index in [0.717, 1.165) is 20.4 Å². The van der Waals surface area contributed by atoms with E-state index in [0.29, 0.717) is 0 Å². The van der Waals surface area contributed by atoms with Crippen LogP contribution in [0.1, 0.15) is 0 Å². The second-order valence-electron chi connectivity index (χ2n) is 1.26. The fourth-order valence-electron chi connectivity index (χ4n) is 0.285. The average molecular weight is 287 g/mol. The van der Waals surface area contributed by atoms with Gasteiger partial charge in [0.25, 0.3) is 0 Å². The van der Waals surface area contributed by atoms with E-state index >= 15 is 0 Å². The summed E-state index contributed by atoms with van der Waals surface area (Å²) in [5.74, 6) is 0. The first kappa shape index (κ1) is 7.28. The Balaban J connectivity index is 2.68. The zero-order chi connectivity index (χ0) is 5.54. The minimum absolute atomic E-state index is 0.735. The average Bonchev–Trinajstić information content (AvgIpc) is 1.69. The van der Waals surface area contributed by atoms with Gasteiger partial charge in [-0.05, 0) is 0 Å². The summed E-state index contributed by atoms with van der Waals surface area (Å²) in [6.45, 7) is 0. The molecule has 0 fully saturated rings. The van der Waals surface area contributed by atoms with Crippen LogP contribution in [0.25, 0.3) is 0 Å². The van der Waals surface area contributed by atoms with E-state index in [-0.39, 0.29) is 0 Å². The van der Waals surface area contributed by atoms with Gasteiger partial charge in [0.2, 0.25) is 0 Å². The standard InChI is InChI=1S/2C2H3O.Hg/c2*1-2-3;/h2*2H,1H2;. The predicted molar refractivity (Wildman–Crippen MR) is 21.7 cm³/mol. The molecule has 7 heavy (non-hydrogen) atoms. The first-order chi connectivity index (χ1) is 3.41. The van der Waals surface area contributed by atoms with Crippen LogP contribution in [0.3, 0.4) is 0 Å². The SMILES string of the molecule is O=C[CH2][Hg][CH2]C=O. The second kappa shape index (κ2) is 6.28. The summed E-state index contributed by atoms with van der Waals surface area (Å²) in [5.41, 5.74) is 0. The molecule has 0 aliphatic rings. The number of rotatable bonds is 4. The third-order valence-corrected chi connectivity index (χ3v) is 5.65. The van der Waals surface area contributed by atoms with Crippen molar-refractivity contribution in [3.05, 3.63) is 0 Å².